The summed E-state index contributed by atoms with van der Waals surface area (Å²) in [5.41, 5.74) is 1.61. The molecule has 21 heavy (non-hydrogen) atoms. The number of hydrogen-bond donors (Lipinski definition) is 1. The first-order chi connectivity index (χ1) is 10.1. The monoisotopic (exact) mass is 295 g/mol. The average molecular weight is 295 g/mol. The third-order valence-corrected chi connectivity index (χ3v) is 3.61. The minimum Gasteiger partial charge on any atom is -0.550 e. The Kier molecular flexibility index (Phi) is 13.2. The molecule has 0 radical (unpaired) electrons. The van der Waals surface area contributed by atoms with Gasteiger partial charge in [-0.2, -0.15) is 0 Å². The smallest absolute Gasteiger partial charge is 0.112 e. The molecule has 0 saturated heterocycles. The molecule has 1 aliphatic heterocycles. The van der Waals surface area contributed by atoms with Crippen LogP contribution in [0.25, 0.3) is 0 Å². The van der Waals surface area contributed by atoms with Crippen LogP contribution < -0.4 is 10.0 Å². The number of carboxylic acids is 1. The summed E-state index contributed by atoms with van der Waals surface area (Å²) >= 11 is 0. The molecule has 0 aliphatic carbocycles. The lowest BCUT2D eigenvalue weighted by Gasteiger charge is -2.14. The van der Waals surface area contributed by atoms with Crippen LogP contribution in [-0.2, 0) is 4.79 Å². The molecule has 0 amide bonds. The summed E-state index contributed by atoms with van der Waals surface area (Å²) in [6, 6.07) is 0. The highest BCUT2D eigenvalue weighted by Crippen LogP contribution is 2.06. The van der Waals surface area contributed by atoms with Crippen LogP contribution in [0.2, 0.25) is 0 Å². The van der Waals surface area contributed by atoms with Crippen molar-refractivity contribution in [2.24, 2.45) is 0 Å². The molecular weight excluding hydrogens is 262 g/mol. The van der Waals surface area contributed by atoms with Crippen molar-refractivity contribution in [2.75, 3.05) is 6.54 Å². The molecule has 0 aromatic heterocycles. The fraction of sp³-hybridized carbons (Fsp3) is 0.722. The van der Waals surface area contributed by atoms with E-state index < -0.39 is 5.97 Å². The first-order valence-corrected chi connectivity index (χ1v) is 8.52. The van der Waals surface area contributed by atoms with Crippen molar-refractivity contribution in [3.05, 3.63) is 24.0 Å². The molecule has 1 atom stereocenters. The predicted octanol–water partition coefficient (Wildman–Crippen LogP) is 2.59. The van der Waals surface area contributed by atoms with E-state index in [1.54, 1.807) is 10.6 Å². The second kappa shape index (κ2) is 13.9. The maximum atomic E-state index is 8.89. The highest BCUT2D eigenvalue weighted by atomic mass is 16.4. The Balaban J connectivity index is 0.000000885. The molecular formula is C18H33NO2. The van der Waals surface area contributed by atoms with E-state index in [-0.39, 0.29) is 0 Å². The molecule has 3 nitrogen and oxygen atoms in total. The number of rotatable bonds is 10. The highest BCUT2D eigenvalue weighted by Gasteiger charge is 2.15. The van der Waals surface area contributed by atoms with E-state index in [4.69, 9.17) is 9.90 Å². The lowest BCUT2D eigenvalue weighted by molar-refractivity contribution is -0.804. The van der Waals surface area contributed by atoms with Gasteiger partial charge in [-0.25, -0.2) is 0 Å². The Hall–Kier alpha value is -1.09. The third kappa shape index (κ3) is 12.4. The van der Waals surface area contributed by atoms with E-state index in [1.807, 2.05) is 0 Å². The minimum absolute atomic E-state index is 0.972. The number of carbonyl (C=O) groups excluding carboxylic acids is 1. The third-order valence-electron chi connectivity index (χ3n) is 3.61. The number of aliphatic carboxylic acids is 1. The summed E-state index contributed by atoms with van der Waals surface area (Å²) in [5, 5.41) is 8.89. The van der Waals surface area contributed by atoms with Crippen LogP contribution in [0.5, 0.6) is 0 Å². The topological polar surface area (TPSA) is 44.6 Å². The van der Waals surface area contributed by atoms with Gasteiger partial charge in [-0.1, -0.05) is 46.0 Å². The second-order valence-corrected chi connectivity index (χ2v) is 5.69. The Morgan fingerprint density at radius 1 is 1.05 bits per heavy atom. The van der Waals surface area contributed by atoms with E-state index in [2.05, 4.69) is 32.2 Å². The summed E-state index contributed by atoms with van der Waals surface area (Å²) in [7, 11) is 0. The van der Waals surface area contributed by atoms with Crippen molar-refractivity contribution in [1.29, 1.82) is 0 Å². The second-order valence-electron chi connectivity index (χ2n) is 5.69. The van der Waals surface area contributed by atoms with Gasteiger partial charge in [0, 0.05) is 18.5 Å². The number of quaternary nitrogens is 1. The van der Waals surface area contributed by atoms with Crippen LogP contribution in [0.15, 0.2) is 24.0 Å². The van der Waals surface area contributed by atoms with Gasteiger partial charge in [0.05, 0.1) is 12.7 Å². The van der Waals surface area contributed by atoms with E-state index in [0.717, 1.165) is 6.92 Å². The lowest BCUT2D eigenvalue weighted by atomic mass is 10.1. The molecule has 0 fully saturated rings. The lowest BCUT2D eigenvalue weighted by Crippen LogP contribution is -3.04. The number of unbranched alkanes of at least 4 members (excludes halogenated alkanes) is 6. The van der Waals surface area contributed by atoms with E-state index in [0.29, 0.717) is 0 Å². The molecule has 1 unspecified atom stereocenters. The van der Waals surface area contributed by atoms with Crippen LogP contribution in [0.1, 0.15) is 78.6 Å². The fourth-order valence-electron chi connectivity index (χ4n) is 2.45. The maximum Gasteiger partial charge on any atom is 0.112 e. The van der Waals surface area contributed by atoms with Gasteiger partial charge in [0.25, 0.3) is 0 Å². The van der Waals surface area contributed by atoms with Crippen molar-refractivity contribution < 1.29 is 14.8 Å². The molecule has 0 saturated carbocycles. The molecule has 122 valence electrons. The molecule has 1 aliphatic rings. The average Bonchev–Trinajstić information content (AvgIpc) is 2.87. The molecule has 1 N–H and O–H groups in total. The fourth-order valence-corrected chi connectivity index (χ4v) is 2.45. The maximum absolute atomic E-state index is 8.89. The first kappa shape index (κ1) is 19.9. The summed E-state index contributed by atoms with van der Waals surface area (Å²) in [6.07, 6.45) is 19.2. The summed E-state index contributed by atoms with van der Waals surface area (Å²) in [6.45, 7) is 6.83. The Morgan fingerprint density at radius 3 is 2.24 bits per heavy atom. The zero-order chi connectivity index (χ0) is 15.9. The summed E-state index contributed by atoms with van der Waals surface area (Å²) < 4.78 is 0. The van der Waals surface area contributed by atoms with Gasteiger partial charge in [0.15, 0.2) is 0 Å². The molecule has 1 rings (SSSR count). The number of allylic oxidation sites excluding steroid dienone is 3. The molecule has 0 aromatic carbocycles. The van der Waals surface area contributed by atoms with Crippen LogP contribution >= 0.6 is 0 Å². The number of carboxylic acid groups (broad SMARTS) is 1. The zero-order valence-corrected chi connectivity index (χ0v) is 14.1. The molecule has 0 aromatic rings. The first-order valence-electron chi connectivity index (χ1n) is 8.52. The highest BCUT2D eigenvalue weighted by molar-refractivity contribution is 5.60. The molecule has 0 bridgehead atoms. The quantitative estimate of drug-likeness (QED) is 0.630. The van der Waals surface area contributed by atoms with Gasteiger partial charge in [0.1, 0.15) is 5.70 Å². The van der Waals surface area contributed by atoms with Crippen molar-refractivity contribution in [2.45, 2.75) is 78.6 Å². The van der Waals surface area contributed by atoms with Gasteiger partial charge < -0.3 is 9.90 Å². The van der Waals surface area contributed by atoms with E-state index in [9.17, 15) is 0 Å². The Bertz CT molecular complexity index is 317. The summed E-state index contributed by atoms with van der Waals surface area (Å²) in [4.78, 5) is 10.5. The number of hydrogen-bond acceptors (Lipinski definition) is 2. The Labute approximate surface area is 130 Å². The van der Waals surface area contributed by atoms with Crippen molar-refractivity contribution in [3.63, 3.8) is 0 Å². The molecule has 0 spiro atoms. The van der Waals surface area contributed by atoms with Gasteiger partial charge in [-0.05, 0) is 32.3 Å². The van der Waals surface area contributed by atoms with Gasteiger partial charge >= 0.3 is 0 Å². The van der Waals surface area contributed by atoms with Crippen molar-refractivity contribution in [1.82, 2.24) is 0 Å². The normalized spacial score (nSPS) is 16.3. The SMILES string of the molecule is CC(=O)[O-].CCCCCCCC[NH+]1C=CC=C1CCCC. The van der Waals surface area contributed by atoms with E-state index in [1.165, 1.54) is 64.3 Å². The van der Waals surface area contributed by atoms with Crippen molar-refractivity contribution >= 4 is 5.97 Å². The number of nitrogens with one attached hydrogen (secondary N) is 1. The number of carbonyl (C=O) groups is 1. The van der Waals surface area contributed by atoms with Gasteiger partial charge in [-0.15, -0.1) is 0 Å². The standard InChI is InChI=1S/C16H29N.C2H4O2/c1-3-5-7-8-9-10-14-17-15-11-13-16(17)12-6-4-2;1-2(3)4/h11,13,15H,3-10,12,14H2,1-2H3;1H3,(H,3,4). The van der Waals surface area contributed by atoms with Crippen LogP contribution in [0, 0.1) is 0 Å². The minimum atomic E-state index is -1.08. The largest absolute Gasteiger partial charge is 0.550 e. The summed E-state index contributed by atoms with van der Waals surface area (Å²) in [5.74, 6) is -1.08. The predicted molar refractivity (Wildman–Crippen MR) is 86.6 cm³/mol. The molecule has 1 heterocycles. The molecule has 3 heteroatoms. The van der Waals surface area contributed by atoms with Gasteiger partial charge in [0.2, 0.25) is 0 Å². The van der Waals surface area contributed by atoms with Crippen molar-refractivity contribution in [3.8, 4) is 0 Å². The van der Waals surface area contributed by atoms with Crippen LogP contribution in [-0.4, -0.2) is 12.5 Å². The van der Waals surface area contributed by atoms with Gasteiger partial charge in [-0.3, -0.25) is 4.90 Å². The van der Waals surface area contributed by atoms with Crippen LogP contribution in [0.4, 0.5) is 0 Å². The van der Waals surface area contributed by atoms with E-state index >= 15 is 0 Å². The van der Waals surface area contributed by atoms with Crippen LogP contribution in [0.3, 0.4) is 0 Å². The Morgan fingerprint density at radius 2 is 1.62 bits per heavy atom. The zero-order valence-electron chi connectivity index (χ0n) is 14.1.